The Morgan fingerprint density at radius 3 is 2.40 bits per heavy atom. The molecular weight excluding hydrogens is 313 g/mol. The van der Waals surface area contributed by atoms with E-state index in [4.69, 9.17) is 23.2 Å². The van der Waals surface area contributed by atoms with E-state index in [1.165, 1.54) is 11.3 Å². The van der Waals surface area contributed by atoms with Gasteiger partial charge in [0, 0.05) is 39.1 Å². The third-order valence-electron chi connectivity index (χ3n) is 2.59. The number of hydrogen-bond donors (Lipinski definition) is 1. The number of nitrogens with one attached hydrogen (secondary N) is 1. The van der Waals surface area contributed by atoms with Gasteiger partial charge in [-0.15, -0.1) is 11.3 Å². The van der Waals surface area contributed by atoms with Crippen molar-refractivity contribution in [1.82, 2.24) is 9.97 Å². The molecule has 100 valence electrons. The van der Waals surface area contributed by atoms with Gasteiger partial charge in [0.05, 0.1) is 5.69 Å². The summed E-state index contributed by atoms with van der Waals surface area (Å²) in [7, 11) is 0. The first-order valence-electron chi connectivity index (χ1n) is 5.80. The topological polar surface area (TPSA) is 37.8 Å². The number of thiazole rings is 1. The van der Waals surface area contributed by atoms with Crippen molar-refractivity contribution in [1.29, 1.82) is 0 Å². The van der Waals surface area contributed by atoms with Crippen LogP contribution in [0.25, 0.3) is 11.3 Å². The molecule has 3 nitrogen and oxygen atoms in total. The van der Waals surface area contributed by atoms with Gasteiger partial charge in [0.1, 0.15) is 0 Å². The molecule has 0 atom stereocenters. The van der Waals surface area contributed by atoms with Crippen LogP contribution in [0, 0.1) is 0 Å². The van der Waals surface area contributed by atoms with Crippen molar-refractivity contribution in [2.24, 2.45) is 0 Å². The number of rotatable bonds is 3. The van der Waals surface area contributed by atoms with Crippen LogP contribution < -0.4 is 5.32 Å². The van der Waals surface area contributed by atoms with Crippen LogP contribution in [0.1, 0.15) is 0 Å². The smallest absolute Gasteiger partial charge is 0.187 e. The van der Waals surface area contributed by atoms with Gasteiger partial charge in [-0.1, -0.05) is 23.2 Å². The second-order valence-electron chi connectivity index (χ2n) is 4.06. The molecule has 0 bridgehead atoms. The molecule has 3 rings (SSSR count). The second-order valence-corrected chi connectivity index (χ2v) is 5.79. The van der Waals surface area contributed by atoms with E-state index in [-0.39, 0.29) is 0 Å². The maximum absolute atomic E-state index is 5.97. The van der Waals surface area contributed by atoms with Crippen molar-refractivity contribution >= 4 is 45.4 Å². The van der Waals surface area contributed by atoms with Gasteiger partial charge in [0.15, 0.2) is 5.13 Å². The maximum atomic E-state index is 5.97. The highest BCUT2D eigenvalue weighted by molar-refractivity contribution is 7.14. The van der Waals surface area contributed by atoms with Crippen molar-refractivity contribution in [3.63, 3.8) is 0 Å². The molecule has 0 saturated carbocycles. The first-order chi connectivity index (χ1) is 9.70. The van der Waals surface area contributed by atoms with E-state index in [1.807, 2.05) is 17.5 Å². The first kappa shape index (κ1) is 13.4. The normalized spacial score (nSPS) is 10.5. The molecule has 0 fully saturated rings. The number of hydrogen-bond acceptors (Lipinski definition) is 4. The highest BCUT2D eigenvalue weighted by atomic mass is 35.5. The summed E-state index contributed by atoms with van der Waals surface area (Å²) in [4.78, 5) is 8.52. The summed E-state index contributed by atoms with van der Waals surface area (Å²) in [5.41, 5.74) is 2.76. The zero-order chi connectivity index (χ0) is 13.9. The van der Waals surface area contributed by atoms with Crippen LogP contribution in [0.15, 0.2) is 48.1 Å². The lowest BCUT2D eigenvalue weighted by Gasteiger charge is -2.03. The van der Waals surface area contributed by atoms with Crippen LogP contribution in [-0.4, -0.2) is 9.97 Å². The van der Waals surface area contributed by atoms with Crippen molar-refractivity contribution in [3.05, 3.63) is 58.2 Å². The fraction of sp³-hybridized carbons (Fsp3) is 0. The summed E-state index contributed by atoms with van der Waals surface area (Å²) in [6.45, 7) is 0. The predicted octanol–water partition coefficient (Wildman–Crippen LogP) is 5.26. The molecule has 1 N–H and O–H groups in total. The molecule has 0 aliphatic carbocycles. The van der Waals surface area contributed by atoms with Crippen LogP contribution in [0.4, 0.5) is 10.8 Å². The predicted molar refractivity (Wildman–Crippen MR) is 85.1 cm³/mol. The number of nitrogens with zero attached hydrogens (tertiary/aromatic N) is 2. The number of aromatic nitrogens is 2. The lowest BCUT2D eigenvalue weighted by Crippen LogP contribution is -1.89. The van der Waals surface area contributed by atoms with Crippen molar-refractivity contribution in [2.45, 2.75) is 0 Å². The summed E-state index contributed by atoms with van der Waals surface area (Å²) in [5.74, 6) is 0. The molecule has 1 aromatic carbocycles. The molecule has 0 amide bonds. The number of anilines is 2. The summed E-state index contributed by atoms with van der Waals surface area (Å²) >= 11 is 13.5. The molecule has 20 heavy (non-hydrogen) atoms. The molecule has 6 heteroatoms. The van der Waals surface area contributed by atoms with Gasteiger partial charge >= 0.3 is 0 Å². The summed E-state index contributed by atoms with van der Waals surface area (Å²) in [5, 5.41) is 7.15. The minimum Gasteiger partial charge on any atom is -0.331 e. The zero-order valence-corrected chi connectivity index (χ0v) is 12.5. The SMILES string of the molecule is Clc1cc(Cl)cc(Nc2nc(-c3ccncc3)cs2)c1. The molecule has 0 aliphatic heterocycles. The first-order valence-corrected chi connectivity index (χ1v) is 7.43. The molecular formula is C14H9Cl2N3S. The van der Waals surface area contributed by atoms with E-state index in [1.54, 1.807) is 30.6 Å². The minimum atomic E-state index is 0.589. The van der Waals surface area contributed by atoms with Gasteiger partial charge in [-0.05, 0) is 30.3 Å². The van der Waals surface area contributed by atoms with E-state index >= 15 is 0 Å². The Labute approximate surface area is 130 Å². The summed E-state index contributed by atoms with van der Waals surface area (Å²) < 4.78 is 0. The lowest BCUT2D eigenvalue weighted by atomic mass is 10.2. The highest BCUT2D eigenvalue weighted by Gasteiger charge is 2.05. The van der Waals surface area contributed by atoms with Crippen molar-refractivity contribution in [3.8, 4) is 11.3 Å². The lowest BCUT2D eigenvalue weighted by molar-refractivity contribution is 1.31. The molecule has 0 aliphatic rings. The van der Waals surface area contributed by atoms with E-state index < -0.39 is 0 Å². The van der Waals surface area contributed by atoms with Gasteiger partial charge < -0.3 is 5.32 Å². The van der Waals surface area contributed by atoms with E-state index in [2.05, 4.69) is 15.3 Å². The molecule has 0 radical (unpaired) electrons. The van der Waals surface area contributed by atoms with Gasteiger partial charge in [-0.25, -0.2) is 4.98 Å². The van der Waals surface area contributed by atoms with Crippen LogP contribution in [0.3, 0.4) is 0 Å². The number of pyridine rings is 1. The standard InChI is InChI=1S/C14H9Cl2N3S/c15-10-5-11(16)7-12(6-10)18-14-19-13(8-20-14)9-1-3-17-4-2-9/h1-8H,(H,18,19). The fourth-order valence-corrected chi connectivity index (χ4v) is 3.00. The van der Waals surface area contributed by atoms with Gasteiger partial charge in [0.2, 0.25) is 0 Å². The Morgan fingerprint density at radius 2 is 1.70 bits per heavy atom. The molecule has 2 heterocycles. The van der Waals surface area contributed by atoms with E-state index in [9.17, 15) is 0 Å². The van der Waals surface area contributed by atoms with Crippen LogP contribution >= 0.6 is 34.5 Å². The maximum Gasteiger partial charge on any atom is 0.187 e. The Balaban J connectivity index is 1.84. The van der Waals surface area contributed by atoms with Crippen LogP contribution in [-0.2, 0) is 0 Å². The van der Waals surface area contributed by atoms with E-state index in [0.29, 0.717) is 10.0 Å². The number of halogens is 2. The average Bonchev–Trinajstić information content (AvgIpc) is 2.87. The zero-order valence-electron chi connectivity index (χ0n) is 10.2. The average molecular weight is 322 g/mol. The van der Waals surface area contributed by atoms with Crippen molar-refractivity contribution in [2.75, 3.05) is 5.32 Å². The van der Waals surface area contributed by atoms with Crippen molar-refractivity contribution < 1.29 is 0 Å². The Hall–Kier alpha value is -1.62. The molecule has 2 aromatic heterocycles. The fourth-order valence-electron chi connectivity index (χ4n) is 1.74. The van der Waals surface area contributed by atoms with Crippen LogP contribution in [0.5, 0.6) is 0 Å². The summed E-state index contributed by atoms with van der Waals surface area (Å²) in [6, 6.07) is 9.16. The minimum absolute atomic E-state index is 0.589. The van der Waals surface area contributed by atoms with Gasteiger partial charge in [-0.2, -0.15) is 0 Å². The molecule has 0 saturated heterocycles. The third kappa shape index (κ3) is 3.10. The Kier molecular flexibility index (Phi) is 3.87. The summed E-state index contributed by atoms with van der Waals surface area (Å²) in [6.07, 6.45) is 3.50. The highest BCUT2D eigenvalue weighted by Crippen LogP contribution is 2.29. The Morgan fingerprint density at radius 1 is 1.00 bits per heavy atom. The Bertz CT molecular complexity index is 708. The largest absolute Gasteiger partial charge is 0.331 e. The molecule has 0 unspecified atom stereocenters. The van der Waals surface area contributed by atoms with Gasteiger partial charge in [-0.3, -0.25) is 4.98 Å². The quantitative estimate of drug-likeness (QED) is 0.715. The third-order valence-corrected chi connectivity index (χ3v) is 3.79. The van der Waals surface area contributed by atoms with Gasteiger partial charge in [0.25, 0.3) is 0 Å². The van der Waals surface area contributed by atoms with E-state index in [0.717, 1.165) is 22.1 Å². The molecule has 0 spiro atoms. The molecule has 3 aromatic rings. The number of benzene rings is 1. The van der Waals surface area contributed by atoms with Crippen LogP contribution in [0.2, 0.25) is 10.0 Å². The second kappa shape index (κ2) is 5.79. The monoisotopic (exact) mass is 321 g/mol.